The van der Waals surface area contributed by atoms with Gasteiger partial charge in [-0.2, -0.15) is 4.39 Å². The lowest BCUT2D eigenvalue weighted by atomic mass is 10.1. The second-order valence-corrected chi connectivity index (χ2v) is 5.76. The Labute approximate surface area is 126 Å². The van der Waals surface area contributed by atoms with E-state index in [9.17, 15) is 14.0 Å². The molecule has 8 heteroatoms. The van der Waals surface area contributed by atoms with Crippen LogP contribution < -0.4 is 5.32 Å². The number of carbonyl (C=O) groups excluding carboxylic acids is 1. The number of carbonyl (C=O) groups is 2. The molecule has 116 valence electrons. The summed E-state index contributed by atoms with van der Waals surface area (Å²) >= 11 is 5.57. The smallest absolute Gasteiger partial charge is 0.408 e. The van der Waals surface area contributed by atoms with Crippen LogP contribution in [-0.4, -0.2) is 33.8 Å². The SMILES string of the molecule is CC(C)(C)OC(=O)NC(Cc1cnc(F)c(Cl)c1)C(=O)O. The highest BCUT2D eigenvalue weighted by Gasteiger charge is 2.24. The van der Waals surface area contributed by atoms with Crippen LogP contribution in [0, 0.1) is 5.95 Å². The molecule has 0 radical (unpaired) electrons. The van der Waals surface area contributed by atoms with Gasteiger partial charge in [-0.3, -0.25) is 0 Å². The van der Waals surface area contributed by atoms with E-state index in [0.29, 0.717) is 5.56 Å². The maximum atomic E-state index is 12.9. The van der Waals surface area contributed by atoms with Gasteiger partial charge in [0, 0.05) is 12.6 Å². The van der Waals surface area contributed by atoms with Gasteiger partial charge in [0.15, 0.2) is 0 Å². The van der Waals surface area contributed by atoms with Crippen LogP contribution >= 0.6 is 11.6 Å². The van der Waals surface area contributed by atoms with Crippen molar-refractivity contribution in [1.29, 1.82) is 0 Å². The van der Waals surface area contributed by atoms with Gasteiger partial charge in [0.05, 0.1) is 5.02 Å². The fraction of sp³-hybridized carbons (Fsp3) is 0.462. The van der Waals surface area contributed by atoms with E-state index in [2.05, 4.69) is 10.3 Å². The van der Waals surface area contributed by atoms with Gasteiger partial charge >= 0.3 is 12.1 Å². The molecule has 0 aliphatic carbocycles. The van der Waals surface area contributed by atoms with Gasteiger partial charge in [-0.1, -0.05) is 11.6 Å². The first-order valence-corrected chi connectivity index (χ1v) is 6.48. The third kappa shape index (κ3) is 5.95. The molecular weight excluding hydrogens is 303 g/mol. The predicted octanol–water partition coefficient (Wildman–Crippen LogP) is 2.39. The Balaban J connectivity index is 2.76. The Kier molecular flexibility index (Phi) is 5.48. The van der Waals surface area contributed by atoms with E-state index in [4.69, 9.17) is 21.4 Å². The highest BCUT2D eigenvalue weighted by Crippen LogP contribution is 2.15. The summed E-state index contributed by atoms with van der Waals surface area (Å²) in [7, 11) is 0. The first kappa shape index (κ1) is 17.2. The number of rotatable bonds is 4. The number of nitrogens with one attached hydrogen (secondary N) is 1. The van der Waals surface area contributed by atoms with Crippen molar-refractivity contribution in [3.63, 3.8) is 0 Å². The van der Waals surface area contributed by atoms with Crippen molar-refractivity contribution in [3.8, 4) is 0 Å². The van der Waals surface area contributed by atoms with Gasteiger partial charge in [0.1, 0.15) is 11.6 Å². The fourth-order valence-electron chi connectivity index (χ4n) is 1.46. The van der Waals surface area contributed by atoms with Gasteiger partial charge < -0.3 is 15.2 Å². The summed E-state index contributed by atoms with van der Waals surface area (Å²) in [5.41, 5.74) is -0.363. The van der Waals surface area contributed by atoms with Crippen molar-refractivity contribution in [3.05, 3.63) is 28.8 Å². The van der Waals surface area contributed by atoms with Crippen molar-refractivity contribution < 1.29 is 23.8 Å². The number of alkyl carbamates (subject to hydrolysis) is 1. The van der Waals surface area contributed by atoms with Gasteiger partial charge in [-0.05, 0) is 32.4 Å². The predicted molar refractivity (Wildman–Crippen MR) is 73.7 cm³/mol. The van der Waals surface area contributed by atoms with Crippen LogP contribution in [0.15, 0.2) is 12.3 Å². The lowest BCUT2D eigenvalue weighted by molar-refractivity contribution is -0.139. The van der Waals surface area contributed by atoms with Crippen LogP contribution in [0.2, 0.25) is 5.02 Å². The minimum absolute atomic E-state index is 0.0957. The molecule has 1 unspecified atom stereocenters. The van der Waals surface area contributed by atoms with Gasteiger partial charge in [0.25, 0.3) is 0 Å². The van der Waals surface area contributed by atoms with Crippen LogP contribution in [0.3, 0.4) is 0 Å². The standard InChI is InChI=1S/C13H16ClFN2O4/c1-13(2,3)21-12(20)17-9(11(18)19)5-7-4-8(14)10(15)16-6-7/h4,6,9H,5H2,1-3H3,(H,17,20)(H,18,19). The van der Waals surface area contributed by atoms with Crippen LogP contribution in [0.1, 0.15) is 26.3 Å². The molecule has 0 fully saturated rings. The summed E-state index contributed by atoms with van der Waals surface area (Å²) in [6.45, 7) is 4.98. The quantitative estimate of drug-likeness (QED) is 0.832. The minimum Gasteiger partial charge on any atom is -0.480 e. The molecule has 0 aliphatic rings. The Morgan fingerprint density at radius 1 is 1.52 bits per heavy atom. The first-order valence-electron chi connectivity index (χ1n) is 6.11. The largest absolute Gasteiger partial charge is 0.480 e. The number of pyridine rings is 1. The number of nitrogens with zero attached hydrogens (tertiary/aromatic N) is 1. The van der Waals surface area contributed by atoms with Gasteiger partial charge in [-0.25, -0.2) is 14.6 Å². The molecule has 1 aromatic rings. The van der Waals surface area contributed by atoms with Gasteiger partial charge in [0.2, 0.25) is 5.95 Å². The summed E-state index contributed by atoms with van der Waals surface area (Å²) in [6.07, 6.45) is 0.214. The second kappa shape index (κ2) is 6.71. The molecule has 0 spiro atoms. The summed E-state index contributed by atoms with van der Waals surface area (Å²) in [6, 6.07) is 0.0273. The second-order valence-electron chi connectivity index (χ2n) is 5.36. The molecule has 0 saturated heterocycles. The monoisotopic (exact) mass is 318 g/mol. The summed E-state index contributed by atoms with van der Waals surface area (Å²) in [5, 5.41) is 11.1. The third-order valence-corrected chi connectivity index (χ3v) is 2.55. The van der Waals surface area contributed by atoms with Crippen molar-refractivity contribution in [1.82, 2.24) is 10.3 Å². The maximum Gasteiger partial charge on any atom is 0.408 e. The molecule has 0 saturated carbocycles. The van der Waals surface area contributed by atoms with Gasteiger partial charge in [-0.15, -0.1) is 0 Å². The van der Waals surface area contributed by atoms with Crippen LogP contribution in [0.25, 0.3) is 0 Å². The first-order chi connectivity index (χ1) is 9.58. The van der Waals surface area contributed by atoms with E-state index in [1.807, 2.05) is 0 Å². The number of halogens is 2. The normalized spacial score (nSPS) is 12.6. The Morgan fingerprint density at radius 3 is 2.62 bits per heavy atom. The summed E-state index contributed by atoms with van der Waals surface area (Å²) in [5.74, 6) is -2.09. The highest BCUT2D eigenvalue weighted by atomic mass is 35.5. The highest BCUT2D eigenvalue weighted by molar-refractivity contribution is 6.30. The molecule has 21 heavy (non-hydrogen) atoms. The molecule has 1 heterocycles. The molecule has 0 bridgehead atoms. The maximum absolute atomic E-state index is 12.9. The summed E-state index contributed by atoms with van der Waals surface area (Å²) in [4.78, 5) is 26.1. The topological polar surface area (TPSA) is 88.5 Å². The molecule has 1 aromatic heterocycles. The van der Waals surface area contributed by atoms with Crippen LogP contribution in [0.4, 0.5) is 9.18 Å². The Bertz CT molecular complexity index is 545. The lowest BCUT2D eigenvalue weighted by Gasteiger charge is -2.22. The number of carboxylic acid groups (broad SMARTS) is 1. The molecular formula is C13H16ClFN2O4. The van der Waals surface area contributed by atoms with E-state index in [1.54, 1.807) is 20.8 Å². The Morgan fingerprint density at radius 2 is 2.14 bits per heavy atom. The molecule has 1 rings (SSSR count). The number of carboxylic acids is 1. The number of aromatic nitrogens is 1. The number of aliphatic carboxylic acids is 1. The molecule has 1 atom stereocenters. The number of hydrogen-bond donors (Lipinski definition) is 2. The molecule has 0 aliphatic heterocycles. The number of hydrogen-bond acceptors (Lipinski definition) is 4. The zero-order valence-corrected chi connectivity index (χ0v) is 12.6. The third-order valence-electron chi connectivity index (χ3n) is 2.28. The van der Waals surface area contributed by atoms with Crippen LogP contribution in [0.5, 0.6) is 0 Å². The van der Waals surface area contributed by atoms with E-state index in [1.165, 1.54) is 6.07 Å². The van der Waals surface area contributed by atoms with Crippen molar-refractivity contribution in [2.45, 2.75) is 38.8 Å². The number of amides is 1. The fourth-order valence-corrected chi connectivity index (χ4v) is 1.65. The molecule has 2 N–H and O–H groups in total. The van der Waals surface area contributed by atoms with Crippen LogP contribution in [-0.2, 0) is 16.0 Å². The minimum atomic E-state index is -1.25. The lowest BCUT2D eigenvalue weighted by Crippen LogP contribution is -2.44. The van der Waals surface area contributed by atoms with E-state index in [0.717, 1.165) is 6.20 Å². The van der Waals surface area contributed by atoms with E-state index in [-0.39, 0.29) is 11.4 Å². The van der Waals surface area contributed by atoms with Crippen molar-refractivity contribution in [2.75, 3.05) is 0 Å². The van der Waals surface area contributed by atoms with E-state index >= 15 is 0 Å². The average molecular weight is 319 g/mol. The Hall–Kier alpha value is -1.89. The van der Waals surface area contributed by atoms with Crippen molar-refractivity contribution >= 4 is 23.7 Å². The molecule has 6 nitrogen and oxygen atoms in total. The molecule has 1 amide bonds. The zero-order valence-electron chi connectivity index (χ0n) is 11.8. The van der Waals surface area contributed by atoms with E-state index < -0.39 is 29.7 Å². The zero-order chi connectivity index (χ0) is 16.2. The average Bonchev–Trinajstić information content (AvgIpc) is 2.30. The number of ether oxygens (including phenoxy) is 1. The molecule has 0 aromatic carbocycles. The van der Waals surface area contributed by atoms with Crippen molar-refractivity contribution in [2.24, 2.45) is 0 Å². The summed E-state index contributed by atoms with van der Waals surface area (Å²) < 4.78 is 17.9.